The maximum atomic E-state index is 12.2. The second kappa shape index (κ2) is 14.3. The van der Waals surface area contributed by atoms with Crippen LogP contribution in [-0.4, -0.2) is 44.6 Å². The van der Waals surface area contributed by atoms with Gasteiger partial charge in [-0.25, -0.2) is 3.93 Å². The second-order valence-electron chi connectivity index (χ2n) is 11.8. The van der Waals surface area contributed by atoms with Crippen LogP contribution in [0.2, 0.25) is 0 Å². The number of rotatable bonds is 2. The van der Waals surface area contributed by atoms with Crippen LogP contribution in [0.4, 0.5) is 0 Å². The van der Waals surface area contributed by atoms with Crippen molar-refractivity contribution in [3.8, 4) is 0 Å². The summed E-state index contributed by atoms with van der Waals surface area (Å²) in [6.07, 6.45) is 11.9. The molecular formula is C32H36Br3N5O4. The molecule has 234 valence electrons. The third-order valence-corrected chi connectivity index (χ3v) is 10.4. The lowest BCUT2D eigenvalue weighted by Gasteiger charge is -2.33. The molecule has 3 N–H and O–H groups in total. The van der Waals surface area contributed by atoms with Crippen LogP contribution in [0.15, 0.2) is 62.5 Å². The van der Waals surface area contributed by atoms with E-state index in [2.05, 4.69) is 64.0 Å². The predicted octanol–water partition coefficient (Wildman–Crippen LogP) is 6.34. The van der Waals surface area contributed by atoms with Gasteiger partial charge < -0.3 is 10.6 Å². The van der Waals surface area contributed by atoms with Gasteiger partial charge >= 0.3 is 0 Å². The minimum Gasteiger partial charge on any atom is -0.336 e. The van der Waals surface area contributed by atoms with E-state index in [-0.39, 0.29) is 41.0 Å². The Morgan fingerprint density at radius 1 is 0.750 bits per heavy atom. The minimum absolute atomic E-state index is 0.0324. The molecule has 2 aromatic carbocycles. The van der Waals surface area contributed by atoms with Crippen molar-refractivity contribution >= 4 is 77.3 Å². The van der Waals surface area contributed by atoms with E-state index in [1.165, 1.54) is 25.7 Å². The highest BCUT2D eigenvalue weighted by Crippen LogP contribution is 2.35. The number of carbonyl (C=O) groups excluding carboxylic acids is 4. The number of aliphatic imine (C=N–C) groups is 1. The molecule has 3 aliphatic heterocycles. The Morgan fingerprint density at radius 3 is 1.91 bits per heavy atom. The molecule has 4 fully saturated rings. The van der Waals surface area contributed by atoms with Gasteiger partial charge in [0.15, 0.2) is 0 Å². The van der Waals surface area contributed by atoms with Crippen LogP contribution in [-0.2, 0) is 19.2 Å². The molecule has 2 saturated heterocycles. The Balaban J connectivity index is 0.000000141. The van der Waals surface area contributed by atoms with Crippen molar-refractivity contribution in [2.45, 2.75) is 94.4 Å². The molecule has 9 nitrogen and oxygen atoms in total. The number of nitrogens with one attached hydrogen (secondary N) is 3. The van der Waals surface area contributed by atoms with Crippen LogP contribution in [0.1, 0.15) is 94.2 Å². The van der Waals surface area contributed by atoms with Gasteiger partial charge in [-0.2, -0.15) is 0 Å². The van der Waals surface area contributed by atoms with E-state index in [9.17, 15) is 19.2 Å². The van der Waals surface area contributed by atoms with E-state index >= 15 is 0 Å². The van der Waals surface area contributed by atoms with Gasteiger partial charge in [-0.3, -0.25) is 29.5 Å². The average Bonchev–Trinajstić information content (AvgIpc) is 3.62. The van der Waals surface area contributed by atoms with Gasteiger partial charge in [-0.15, -0.1) is 0 Å². The molecular weight excluding hydrogens is 758 g/mol. The number of halogens is 3. The molecule has 5 aliphatic rings. The minimum atomic E-state index is -0.313. The Morgan fingerprint density at radius 2 is 1.34 bits per heavy atom. The van der Waals surface area contributed by atoms with Crippen molar-refractivity contribution in [2.24, 2.45) is 4.99 Å². The number of hydrogen-bond acceptors (Lipinski definition) is 6. The van der Waals surface area contributed by atoms with Gasteiger partial charge in [-0.05, 0) is 81.2 Å². The van der Waals surface area contributed by atoms with Crippen LogP contribution in [0.3, 0.4) is 0 Å². The fourth-order valence-corrected chi connectivity index (χ4v) is 7.52. The van der Waals surface area contributed by atoms with Gasteiger partial charge in [-0.1, -0.05) is 69.0 Å². The topological polar surface area (TPSA) is 120 Å². The summed E-state index contributed by atoms with van der Waals surface area (Å²) in [5, 5.41) is 9.77. The summed E-state index contributed by atoms with van der Waals surface area (Å²) < 4.78 is 2.96. The van der Waals surface area contributed by atoms with E-state index in [1.807, 2.05) is 48.5 Å². The third-order valence-electron chi connectivity index (χ3n) is 8.59. The quantitative estimate of drug-likeness (QED) is 0.242. The molecule has 44 heavy (non-hydrogen) atoms. The molecule has 2 spiro atoms. The molecule has 4 amide bonds. The molecule has 1 atom stereocenters. The number of imide groups is 1. The first-order valence-corrected chi connectivity index (χ1v) is 17.4. The maximum absolute atomic E-state index is 12.2. The van der Waals surface area contributed by atoms with Crippen LogP contribution in [0.25, 0.3) is 0 Å². The Bertz CT molecular complexity index is 1440. The lowest BCUT2D eigenvalue weighted by atomic mass is 9.89. The summed E-state index contributed by atoms with van der Waals surface area (Å²) >= 11 is 9.69. The van der Waals surface area contributed by atoms with Crippen LogP contribution >= 0.6 is 48.0 Å². The van der Waals surface area contributed by atoms with Crippen molar-refractivity contribution in [1.29, 1.82) is 0 Å². The van der Waals surface area contributed by atoms with E-state index in [1.54, 1.807) is 0 Å². The Hall–Kier alpha value is -2.41. The van der Waals surface area contributed by atoms with Crippen molar-refractivity contribution < 1.29 is 19.2 Å². The first-order valence-electron chi connectivity index (χ1n) is 15.1. The molecule has 12 heteroatoms. The van der Waals surface area contributed by atoms with Gasteiger partial charge in [0.1, 0.15) is 17.4 Å². The molecule has 3 heterocycles. The highest BCUT2D eigenvalue weighted by atomic mass is 79.9. The molecule has 0 bridgehead atoms. The van der Waals surface area contributed by atoms with Gasteiger partial charge in [0, 0.05) is 27.4 Å². The number of amides is 4. The highest BCUT2D eigenvalue weighted by Gasteiger charge is 2.44. The van der Waals surface area contributed by atoms with Crippen molar-refractivity contribution in [2.75, 3.05) is 0 Å². The first kappa shape index (κ1) is 33.0. The van der Waals surface area contributed by atoms with Gasteiger partial charge in [0.25, 0.3) is 5.91 Å². The number of carbonyl (C=O) groups is 4. The number of benzene rings is 2. The fraction of sp³-hybridized carbons (Fsp3) is 0.469. The van der Waals surface area contributed by atoms with E-state index < -0.39 is 0 Å². The van der Waals surface area contributed by atoms with Crippen LogP contribution < -0.4 is 16.0 Å². The SMILES string of the molecule is O=C1CCC(=O)N1Br.O=C1NC2(CCCCC2)N=C1c1cccc(Br)c1.O=C1NC2(CCCCC2)NC1c1cccc(Br)c1. The lowest BCUT2D eigenvalue weighted by molar-refractivity contribution is -0.131. The van der Waals surface area contributed by atoms with E-state index in [0.29, 0.717) is 18.6 Å². The zero-order valence-corrected chi connectivity index (χ0v) is 29.1. The van der Waals surface area contributed by atoms with Gasteiger partial charge in [0.2, 0.25) is 17.7 Å². The summed E-state index contributed by atoms with van der Waals surface area (Å²) in [6, 6.07) is 15.5. The number of hydrogen-bond donors (Lipinski definition) is 3. The molecule has 1 unspecified atom stereocenters. The monoisotopic (exact) mass is 791 g/mol. The van der Waals surface area contributed by atoms with Crippen LogP contribution in [0, 0.1) is 0 Å². The average molecular weight is 794 g/mol. The Kier molecular flexibility index (Phi) is 10.7. The normalized spacial score (nSPS) is 23.4. The summed E-state index contributed by atoms with van der Waals surface area (Å²) in [7, 11) is 0. The Labute approximate surface area is 283 Å². The lowest BCUT2D eigenvalue weighted by Crippen LogP contribution is -2.51. The van der Waals surface area contributed by atoms with E-state index in [4.69, 9.17) is 4.99 Å². The zero-order valence-electron chi connectivity index (χ0n) is 24.3. The molecule has 2 aliphatic carbocycles. The molecule has 2 saturated carbocycles. The van der Waals surface area contributed by atoms with Crippen molar-refractivity contribution in [3.05, 3.63) is 68.6 Å². The summed E-state index contributed by atoms with van der Waals surface area (Å²) in [5.41, 5.74) is 2.04. The zero-order chi connectivity index (χ0) is 31.3. The molecule has 7 rings (SSSR count). The van der Waals surface area contributed by atoms with E-state index in [0.717, 1.165) is 62.5 Å². The number of nitrogens with zero attached hydrogens (tertiary/aromatic N) is 2. The second-order valence-corrected chi connectivity index (χ2v) is 14.4. The van der Waals surface area contributed by atoms with Crippen LogP contribution in [0.5, 0.6) is 0 Å². The maximum Gasteiger partial charge on any atom is 0.272 e. The largest absolute Gasteiger partial charge is 0.336 e. The predicted molar refractivity (Wildman–Crippen MR) is 179 cm³/mol. The summed E-state index contributed by atoms with van der Waals surface area (Å²) in [4.78, 5) is 49.9. The first-order chi connectivity index (χ1) is 21.1. The smallest absolute Gasteiger partial charge is 0.272 e. The standard InChI is InChI=1S/C14H17BrN2O.C14H15BrN2O.C4H4BrNO2/c2*15-11-6-4-5-10(9-11)12-13(18)17-14(16-12)7-2-1-3-8-14;5-6-3(7)1-2-4(6)8/h4-6,9,12,16H,1-3,7-8H2,(H,17,18);4-6,9H,1-3,7-8H2,(H,17,18);1-2H2. The summed E-state index contributed by atoms with van der Waals surface area (Å²) in [5.74, 6) is -0.213. The van der Waals surface area contributed by atoms with Gasteiger partial charge in [0.05, 0.1) is 21.8 Å². The summed E-state index contributed by atoms with van der Waals surface area (Å²) in [6.45, 7) is 0. The molecule has 2 aromatic rings. The fourth-order valence-electron chi connectivity index (χ4n) is 6.35. The molecule has 0 radical (unpaired) electrons. The molecule has 0 aromatic heterocycles. The highest BCUT2D eigenvalue weighted by molar-refractivity contribution is 9.10. The van der Waals surface area contributed by atoms with Crippen molar-refractivity contribution in [3.63, 3.8) is 0 Å². The van der Waals surface area contributed by atoms with Crippen molar-refractivity contribution in [1.82, 2.24) is 19.9 Å². The third kappa shape index (κ3) is 7.86.